The van der Waals surface area contributed by atoms with Crippen LogP contribution in [0.2, 0.25) is 0 Å². The molecule has 0 aromatic heterocycles. The summed E-state index contributed by atoms with van der Waals surface area (Å²) in [5.74, 6) is -0.575. The van der Waals surface area contributed by atoms with E-state index in [0.717, 1.165) is 12.8 Å². The molecule has 0 saturated heterocycles. The number of carboxylic acids is 1. The molecule has 1 saturated carbocycles. The lowest BCUT2D eigenvalue weighted by Gasteiger charge is -2.36. The van der Waals surface area contributed by atoms with Crippen molar-refractivity contribution in [3.05, 3.63) is 34.4 Å². The van der Waals surface area contributed by atoms with Gasteiger partial charge in [0, 0.05) is 0 Å². The summed E-state index contributed by atoms with van der Waals surface area (Å²) in [6.45, 7) is 6.26. The van der Waals surface area contributed by atoms with Crippen LogP contribution in [-0.2, 0) is 4.79 Å². The molecule has 1 fully saturated rings. The number of hydrogen-bond donors (Lipinski definition) is 1. The third kappa shape index (κ3) is 1.73. The molecule has 16 heavy (non-hydrogen) atoms. The molecule has 0 amide bonds. The molecule has 0 aliphatic heterocycles. The molecule has 0 radical (unpaired) electrons. The Morgan fingerprint density at radius 1 is 1.19 bits per heavy atom. The van der Waals surface area contributed by atoms with E-state index in [1.165, 1.54) is 22.3 Å². The number of hydrogen-bond acceptors (Lipinski definition) is 1. The average Bonchev–Trinajstić information content (AvgIpc) is 2.07. The van der Waals surface area contributed by atoms with Crippen molar-refractivity contribution in [3.63, 3.8) is 0 Å². The van der Waals surface area contributed by atoms with E-state index < -0.39 is 5.97 Å². The molecule has 1 aliphatic rings. The van der Waals surface area contributed by atoms with Crippen LogP contribution < -0.4 is 0 Å². The number of aryl methyl sites for hydroxylation is 3. The monoisotopic (exact) mass is 218 g/mol. The standard InChI is InChI=1S/C14H18O2/c1-8-6-9(2)13(10(3)7-8)11-4-5-12(11)14(15)16/h6-7,11-12H,4-5H2,1-3H3,(H,15,16). The topological polar surface area (TPSA) is 37.3 Å². The molecule has 2 atom stereocenters. The molecular formula is C14H18O2. The first-order valence-electron chi connectivity index (χ1n) is 5.81. The highest BCUT2D eigenvalue weighted by atomic mass is 16.4. The van der Waals surface area contributed by atoms with Gasteiger partial charge in [-0.05, 0) is 56.2 Å². The van der Waals surface area contributed by atoms with Crippen LogP contribution >= 0.6 is 0 Å². The largest absolute Gasteiger partial charge is 0.481 e. The molecular weight excluding hydrogens is 200 g/mol. The van der Waals surface area contributed by atoms with Gasteiger partial charge in [0.2, 0.25) is 0 Å². The van der Waals surface area contributed by atoms with Crippen molar-refractivity contribution in [2.75, 3.05) is 0 Å². The zero-order valence-electron chi connectivity index (χ0n) is 10.1. The highest BCUT2D eigenvalue weighted by Crippen LogP contribution is 2.45. The third-order valence-electron chi connectivity index (χ3n) is 3.70. The minimum Gasteiger partial charge on any atom is -0.481 e. The Morgan fingerprint density at radius 3 is 2.12 bits per heavy atom. The van der Waals surface area contributed by atoms with E-state index >= 15 is 0 Å². The Labute approximate surface area is 96.3 Å². The minimum absolute atomic E-state index is 0.167. The number of aliphatic carboxylic acids is 1. The van der Waals surface area contributed by atoms with Gasteiger partial charge in [-0.3, -0.25) is 4.79 Å². The molecule has 2 rings (SSSR count). The Kier molecular flexibility index (Phi) is 2.75. The first kappa shape index (κ1) is 11.2. The van der Waals surface area contributed by atoms with Gasteiger partial charge in [-0.2, -0.15) is 0 Å². The maximum Gasteiger partial charge on any atom is 0.307 e. The van der Waals surface area contributed by atoms with E-state index in [0.29, 0.717) is 0 Å². The SMILES string of the molecule is Cc1cc(C)c(C2CCC2C(=O)O)c(C)c1. The molecule has 1 N–H and O–H groups in total. The Morgan fingerprint density at radius 2 is 1.75 bits per heavy atom. The highest BCUT2D eigenvalue weighted by molar-refractivity contribution is 5.73. The number of carboxylic acid groups (broad SMARTS) is 1. The predicted octanol–water partition coefficient (Wildman–Crippen LogP) is 3.19. The maximum atomic E-state index is 11.1. The van der Waals surface area contributed by atoms with Crippen LogP contribution in [-0.4, -0.2) is 11.1 Å². The summed E-state index contributed by atoms with van der Waals surface area (Å²) in [5, 5.41) is 9.10. The van der Waals surface area contributed by atoms with Gasteiger partial charge >= 0.3 is 5.97 Å². The van der Waals surface area contributed by atoms with Crippen LogP contribution in [0.3, 0.4) is 0 Å². The van der Waals surface area contributed by atoms with Gasteiger partial charge in [0.05, 0.1) is 5.92 Å². The lowest BCUT2D eigenvalue weighted by molar-refractivity contribution is -0.145. The van der Waals surface area contributed by atoms with E-state index in [1.54, 1.807) is 0 Å². The summed E-state index contributed by atoms with van der Waals surface area (Å²) >= 11 is 0. The van der Waals surface area contributed by atoms with Gasteiger partial charge in [0.15, 0.2) is 0 Å². The van der Waals surface area contributed by atoms with Gasteiger partial charge in [0.25, 0.3) is 0 Å². The molecule has 0 bridgehead atoms. The molecule has 86 valence electrons. The second-order valence-electron chi connectivity index (χ2n) is 4.94. The number of benzene rings is 1. The number of rotatable bonds is 2. The molecule has 0 spiro atoms. The summed E-state index contributed by atoms with van der Waals surface area (Å²) in [6.07, 6.45) is 1.84. The van der Waals surface area contributed by atoms with Gasteiger partial charge in [-0.15, -0.1) is 0 Å². The van der Waals surface area contributed by atoms with Crippen molar-refractivity contribution < 1.29 is 9.90 Å². The third-order valence-corrected chi connectivity index (χ3v) is 3.70. The normalized spacial score (nSPS) is 23.9. The summed E-state index contributed by atoms with van der Waals surface area (Å²) in [4.78, 5) is 11.1. The van der Waals surface area contributed by atoms with Crippen molar-refractivity contribution >= 4 is 5.97 Å². The van der Waals surface area contributed by atoms with E-state index in [1.807, 2.05) is 0 Å². The fourth-order valence-corrected chi connectivity index (χ4v) is 2.92. The maximum absolute atomic E-state index is 11.1. The van der Waals surface area contributed by atoms with E-state index in [9.17, 15) is 4.79 Å². The van der Waals surface area contributed by atoms with Crippen molar-refractivity contribution in [2.45, 2.75) is 39.5 Å². The van der Waals surface area contributed by atoms with Crippen LogP contribution in [0.5, 0.6) is 0 Å². The number of carbonyl (C=O) groups is 1. The predicted molar refractivity (Wildman–Crippen MR) is 63.8 cm³/mol. The first-order valence-corrected chi connectivity index (χ1v) is 5.81. The Hall–Kier alpha value is -1.31. The second kappa shape index (κ2) is 3.93. The van der Waals surface area contributed by atoms with Crippen molar-refractivity contribution in [3.8, 4) is 0 Å². The molecule has 1 aromatic rings. The lowest BCUT2D eigenvalue weighted by atomic mass is 9.68. The Balaban J connectivity index is 2.38. The second-order valence-corrected chi connectivity index (χ2v) is 4.94. The fourth-order valence-electron chi connectivity index (χ4n) is 2.92. The van der Waals surface area contributed by atoms with Gasteiger partial charge < -0.3 is 5.11 Å². The highest BCUT2D eigenvalue weighted by Gasteiger charge is 2.38. The molecule has 1 aromatic carbocycles. The Bertz CT molecular complexity index is 411. The molecule has 2 heteroatoms. The van der Waals surface area contributed by atoms with E-state index in [-0.39, 0.29) is 11.8 Å². The summed E-state index contributed by atoms with van der Waals surface area (Å²) < 4.78 is 0. The van der Waals surface area contributed by atoms with Crippen molar-refractivity contribution in [2.24, 2.45) is 5.92 Å². The summed E-state index contributed by atoms with van der Waals surface area (Å²) in [5.41, 5.74) is 5.01. The van der Waals surface area contributed by atoms with Gasteiger partial charge in [-0.25, -0.2) is 0 Å². The van der Waals surface area contributed by atoms with Crippen LogP contribution in [0.15, 0.2) is 12.1 Å². The zero-order chi connectivity index (χ0) is 11.9. The summed E-state index contributed by atoms with van der Waals surface area (Å²) in [6, 6.07) is 4.30. The van der Waals surface area contributed by atoms with E-state index in [4.69, 9.17) is 5.11 Å². The van der Waals surface area contributed by atoms with Crippen LogP contribution in [0.1, 0.15) is 41.0 Å². The molecule has 1 aliphatic carbocycles. The molecule has 2 unspecified atom stereocenters. The minimum atomic E-state index is -0.643. The van der Waals surface area contributed by atoms with Crippen molar-refractivity contribution in [1.82, 2.24) is 0 Å². The fraction of sp³-hybridized carbons (Fsp3) is 0.500. The zero-order valence-corrected chi connectivity index (χ0v) is 10.1. The first-order chi connectivity index (χ1) is 7.50. The van der Waals surface area contributed by atoms with E-state index in [2.05, 4.69) is 32.9 Å². The van der Waals surface area contributed by atoms with Crippen LogP contribution in [0, 0.1) is 26.7 Å². The average molecular weight is 218 g/mol. The quantitative estimate of drug-likeness (QED) is 0.827. The van der Waals surface area contributed by atoms with Gasteiger partial charge in [-0.1, -0.05) is 17.7 Å². The van der Waals surface area contributed by atoms with Crippen molar-refractivity contribution in [1.29, 1.82) is 0 Å². The van der Waals surface area contributed by atoms with Gasteiger partial charge in [0.1, 0.15) is 0 Å². The van der Waals surface area contributed by atoms with Crippen LogP contribution in [0.25, 0.3) is 0 Å². The molecule has 2 nitrogen and oxygen atoms in total. The summed E-state index contributed by atoms with van der Waals surface area (Å²) in [7, 11) is 0. The lowest BCUT2D eigenvalue weighted by Crippen LogP contribution is -2.31. The van der Waals surface area contributed by atoms with Crippen LogP contribution in [0.4, 0.5) is 0 Å². The molecule has 0 heterocycles. The smallest absolute Gasteiger partial charge is 0.307 e.